The molecule has 0 bridgehead atoms. The second-order valence-corrected chi connectivity index (χ2v) is 6.39. The van der Waals surface area contributed by atoms with Gasteiger partial charge in [-0.15, -0.1) is 0 Å². The van der Waals surface area contributed by atoms with E-state index in [9.17, 15) is 9.59 Å². The number of aromatic nitrogens is 4. The van der Waals surface area contributed by atoms with Crippen molar-refractivity contribution in [1.82, 2.24) is 25.1 Å². The van der Waals surface area contributed by atoms with Crippen LogP contribution in [0.3, 0.4) is 0 Å². The van der Waals surface area contributed by atoms with E-state index in [4.69, 9.17) is 5.73 Å². The van der Waals surface area contributed by atoms with E-state index in [0.29, 0.717) is 25.5 Å². The summed E-state index contributed by atoms with van der Waals surface area (Å²) in [6.07, 6.45) is 5.15. The topological polar surface area (TPSA) is 122 Å². The molecule has 0 aromatic carbocycles. The van der Waals surface area contributed by atoms with Crippen LogP contribution in [0.15, 0.2) is 29.3 Å². The zero-order chi connectivity index (χ0) is 17.8. The van der Waals surface area contributed by atoms with E-state index in [1.807, 2.05) is 24.1 Å². The van der Waals surface area contributed by atoms with Gasteiger partial charge in [0.1, 0.15) is 5.82 Å². The SMILES string of the molecule is C[C@H](Cn1cccn1)C(=O)NC1CCN(c2cc(=O)[nH]c(N)n2)CC1. The molecule has 2 aromatic heterocycles. The molecule has 3 rings (SSSR count). The summed E-state index contributed by atoms with van der Waals surface area (Å²) in [5.74, 6) is 0.586. The standard InChI is InChI=1S/C16H23N7O2/c1-11(10-23-6-2-5-18-23)15(25)19-12-3-7-22(8-4-12)13-9-14(24)21-16(17)20-13/h2,5-6,9,11-12H,3-4,7-8,10H2,1H3,(H,19,25)(H3,17,20,21,24)/t11-/m1/s1. The van der Waals surface area contributed by atoms with Crippen LogP contribution >= 0.6 is 0 Å². The summed E-state index contributed by atoms with van der Waals surface area (Å²) in [5.41, 5.74) is 5.33. The number of H-pyrrole nitrogens is 1. The lowest BCUT2D eigenvalue weighted by molar-refractivity contribution is -0.125. The predicted octanol–water partition coefficient (Wildman–Crippen LogP) is -0.0301. The molecule has 0 spiro atoms. The molecule has 0 unspecified atom stereocenters. The minimum atomic E-state index is -0.259. The van der Waals surface area contributed by atoms with E-state index in [0.717, 1.165) is 12.8 Å². The first kappa shape index (κ1) is 17.0. The number of aromatic amines is 1. The quantitative estimate of drug-likeness (QED) is 0.699. The molecular formula is C16H23N7O2. The average Bonchev–Trinajstić information content (AvgIpc) is 3.07. The van der Waals surface area contributed by atoms with Gasteiger partial charge in [-0.1, -0.05) is 6.92 Å². The van der Waals surface area contributed by atoms with Crippen LogP contribution in [0.25, 0.3) is 0 Å². The zero-order valence-corrected chi connectivity index (χ0v) is 14.2. The fourth-order valence-electron chi connectivity index (χ4n) is 2.99. The molecule has 9 heteroatoms. The first-order valence-electron chi connectivity index (χ1n) is 8.41. The number of nitrogens with zero attached hydrogens (tertiary/aromatic N) is 4. The second-order valence-electron chi connectivity index (χ2n) is 6.39. The third-order valence-corrected chi connectivity index (χ3v) is 4.38. The van der Waals surface area contributed by atoms with Crippen LogP contribution in [-0.2, 0) is 11.3 Å². The van der Waals surface area contributed by atoms with Gasteiger partial charge >= 0.3 is 0 Å². The van der Waals surface area contributed by atoms with Crippen LogP contribution in [0.4, 0.5) is 11.8 Å². The van der Waals surface area contributed by atoms with Gasteiger partial charge in [-0.3, -0.25) is 19.3 Å². The Kier molecular flexibility index (Phi) is 5.01. The van der Waals surface area contributed by atoms with Crippen molar-refractivity contribution in [1.29, 1.82) is 0 Å². The summed E-state index contributed by atoms with van der Waals surface area (Å²) >= 11 is 0. The maximum Gasteiger partial charge on any atom is 0.254 e. The van der Waals surface area contributed by atoms with E-state index >= 15 is 0 Å². The molecule has 9 nitrogen and oxygen atoms in total. The van der Waals surface area contributed by atoms with E-state index in [-0.39, 0.29) is 29.4 Å². The summed E-state index contributed by atoms with van der Waals surface area (Å²) in [5, 5.41) is 7.23. The van der Waals surface area contributed by atoms with Gasteiger partial charge in [-0.2, -0.15) is 10.1 Å². The molecular weight excluding hydrogens is 322 g/mol. The number of amides is 1. The smallest absolute Gasteiger partial charge is 0.254 e. The van der Waals surface area contributed by atoms with Crippen molar-refractivity contribution in [3.63, 3.8) is 0 Å². The van der Waals surface area contributed by atoms with Crippen LogP contribution in [0, 0.1) is 5.92 Å². The molecule has 0 saturated carbocycles. The van der Waals surface area contributed by atoms with Crippen molar-refractivity contribution in [2.24, 2.45) is 5.92 Å². The first-order chi connectivity index (χ1) is 12.0. The maximum absolute atomic E-state index is 12.3. The minimum Gasteiger partial charge on any atom is -0.369 e. The fraction of sp³-hybridized carbons (Fsp3) is 0.500. The Balaban J connectivity index is 1.50. The Morgan fingerprint density at radius 3 is 2.88 bits per heavy atom. The Bertz CT molecular complexity index is 763. The van der Waals surface area contributed by atoms with Crippen molar-refractivity contribution < 1.29 is 4.79 Å². The van der Waals surface area contributed by atoms with Gasteiger partial charge in [0, 0.05) is 37.6 Å². The Morgan fingerprint density at radius 2 is 2.24 bits per heavy atom. The number of carbonyl (C=O) groups is 1. The number of anilines is 2. The van der Waals surface area contributed by atoms with Crippen LogP contribution in [-0.4, -0.2) is 44.8 Å². The van der Waals surface area contributed by atoms with Crippen LogP contribution < -0.4 is 21.5 Å². The molecule has 1 fully saturated rings. The van der Waals surface area contributed by atoms with Gasteiger partial charge in [0.05, 0.1) is 12.5 Å². The number of nitrogens with two attached hydrogens (primary N) is 1. The molecule has 1 amide bonds. The third kappa shape index (κ3) is 4.37. The molecule has 1 aliphatic rings. The zero-order valence-electron chi connectivity index (χ0n) is 14.2. The highest BCUT2D eigenvalue weighted by atomic mass is 16.2. The summed E-state index contributed by atoms with van der Waals surface area (Å²) in [6.45, 7) is 3.89. The number of hydrogen-bond acceptors (Lipinski definition) is 6. The van der Waals surface area contributed by atoms with Crippen LogP contribution in [0.2, 0.25) is 0 Å². The van der Waals surface area contributed by atoms with Gasteiger partial charge in [0.15, 0.2) is 0 Å². The molecule has 134 valence electrons. The highest BCUT2D eigenvalue weighted by Gasteiger charge is 2.24. The monoisotopic (exact) mass is 345 g/mol. The lowest BCUT2D eigenvalue weighted by Crippen LogP contribution is -2.47. The van der Waals surface area contributed by atoms with E-state index in [1.165, 1.54) is 6.07 Å². The molecule has 1 atom stereocenters. The van der Waals surface area contributed by atoms with Crippen LogP contribution in [0.1, 0.15) is 19.8 Å². The summed E-state index contributed by atoms with van der Waals surface area (Å²) in [7, 11) is 0. The molecule has 1 saturated heterocycles. The maximum atomic E-state index is 12.3. The second kappa shape index (κ2) is 7.37. The Labute approximate surface area is 145 Å². The molecule has 0 radical (unpaired) electrons. The van der Waals surface area contributed by atoms with Gasteiger partial charge in [-0.25, -0.2) is 0 Å². The first-order valence-corrected chi connectivity index (χ1v) is 8.41. The molecule has 4 N–H and O–H groups in total. The van der Waals surface area contributed by atoms with Crippen molar-refractivity contribution >= 4 is 17.7 Å². The molecule has 1 aliphatic heterocycles. The van der Waals surface area contributed by atoms with Crippen LogP contribution in [0.5, 0.6) is 0 Å². The van der Waals surface area contributed by atoms with Gasteiger partial charge in [-0.05, 0) is 18.9 Å². The highest BCUT2D eigenvalue weighted by Crippen LogP contribution is 2.17. The van der Waals surface area contributed by atoms with E-state index < -0.39 is 0 Å². The molecule has 0 aliphatic carbocycles. The largest absolute Gasteiger partial charge is 0.369 e. The van der Waals surface area contributed by atoms with Gasteiger partial charge in [0.2, 0.25) is 11.9 Å². The number of carbonyl (C=O) groups excluding carboxylic acids is 1. The Hall–Kier alpha value is -2.84. The number of rotatable bonds is 5. The summed E-state index contributed by atoms with van der Waals surface area (Å²) < 4.78 is 1.76. The summed E-state index contributed by atoms with van der Waals surface area (Å²) in [4.78, 5) is 32.5. The van der Waals surface area contributed by atoms with Crippen molar-refractivity contribution in [2.75, 3.05) is 23.7 Å². The van der Waals surface area contributed by atoms with Crippen molar-refractivity contribution in [2.45, 2.75) is 32.4 Å². The average molecular weight is 345 g/mol. The van der Waals surface area contributed by atoms with Crippen molar-refractivity contribution in [3.8, 4) is 0 Å². The fourth-order valence-corrected chi connectivity index (χ4v) is 2.99. The predicted molar refractivity (Wildman–Crippen MR) is 94.0 cm³/mol. The number of piperidine rings is 1. The normalized spacial score (nSPS) is 16.6. The number of nitrogens with one attached hydrogen (secondary N) is 2. The molecule has 2 aromatic rings. The lowest BCUT2D eigenvalue weighted by atomic mass is 10.0. The molecule has 3 heterocycles. The lowest BCUT2D eigenvalue weighted by Gasteiger charge is -2.33. The van der Waals surface area contributed by atoms with E-state index in [1.54, 1.807) is 10.9 Å². The third-order valence-electron chi connectivity index (χ3n) is 4.38. The minimum absolute atomic E-state index is 0.0347. The van der Waals surface area contributed by atoms with Gasteiger partial charge < -0.3 is 16.0 Å². The molecule has 25 heavy (non-hydrogen) atoms. The van der Waals surface area contributed by atoms with E-state index in [2.05, 4.69) is 20.4 Å². The van der Waals surface area contributed by atoms with Crippen molar-refractivity contribution in [3.05, 3.63) is 34.9 Å². The Morgan fingerprint density at radius 1 is 1.48 bits per heavy atom. The summed E-state index contributed by atoms with van der Waals surface area (Å²) in [6, 6.07) is 3.42. The number of nitrogen functional groups attached to an aromatic ring is 1. The number of hydrogen-bond donors (Lipinski definition) is 3. The highest BCUT2D eigenvalue weighted by molar-refractivity contribution is 5.78. The van der Waals surface area contributed by atoms with Gasteiger partial charge in [0.25, 0.3) is 5.56 Å².